The maximum atomic E-state index is 14.1. The molecule has 0 spiro atoms. The van der Waals surface area contributed by atoms with E-state index in [1.165, 1.54) is 6.07 Å². The van der Waals surface area contributed by atoms with Gasteiger partial charge in [-0.05, 0) is 38.3 Å². The number of fused-ring (bicyclic) bond motifs is 2. The molecule has 1 aromatic carbocycles. The predicted octanol–water partition coefficient (Wildman–Crippen LogP) is 2.08. The molecule has 0 amide bonds. The Hall–Kier alpha value is -1.13. The number of ether oxygens (including phenoxy) is 1. The van der Waals surface area contributed by atoms with Crippen LogP contribution in [0.2, 0.25) is 0 Å². The van der Waals surface area contributed by atoms with E-state index in [9.17, 15) is 4.39 Å². The number of hydrogen-bond acceptors (Lipinski definition) is 3. The van der Waals surface area contributed by atoms with Crippen LogP contribution in [0.25, 0.3) is 0 Å². The Morgan fingerprint density at radius 3 is 2.68 bits per heavy atom. The number of nitrogens with two attached hydrogens (primary N) is 1. The van der Waals surface area contributed by atoms with Gasteiger partial charge in [-0.15, -0.1) is 0 Å². The summed E-state index contributed by atoms with van der Waals surface area (Å²) in [4.78, 5) is 2.27. The monoisotopic (exact) mass is 264 g/mol. The summed E-state index contributed by atoms with van der Waals surface area (Å²) in [5.74, 6) is -0.145. The summed E-state index contributed by atoms with van der Waals surface area (Å²) in [6.45, 7) is 3.65. The van der Waals surface area contributed by atoms with Gasteiger partial charge in [0.05, 0.1) is 12.2 Å². The molecule has 3 atom stereocenters. The smallest absolute Gasteiger partial charge is 0.128 e. The maximum Gasteiger partial charge on any atom is 0.128 e. The summed E-state index contributed by atoms with van der Waals surface area (Å²) in [7, 11) is 0. The largest absolute Gasteiger partial charge is 0.371 e. The number of morpholine rings is 1. The number of hydrogen-bond donors (Lipinski definition) is 1. The number of benzene rings is 1. The molecule has 2 fully saturated rings. The Balaban J connectivity index is 1.89. The first kappa shape index (κ1) is 12.9. The zero-order chi connectivity index (χ0) is 13.4. The lowest BCUT2D eigenvalue weighted by atomic mass is 10.0. The fourth-order valence-electron chi connectivity index (χ4n) is 3.18. The van der Waals surface area contributed by atoms with Gasteiger partial charge < -0.3 is 15.4 Å². The van der Waals surface area contributed by atoms with Crippen molar-refractivity contribution in [3.63, 3.8) is 0 Å². The first-order valence-electron chi connectivity index (χ1n) is 7.07. The normalized spacial score (nSPS) is 27.6. The fraction of sp³-hybridized carbons (Fsp3) is 0.600. The topological polar surface area (TPSA) is 38.5 Å². The van der Waals surface area contributed by atoms with Crippen molar-refractivity contribution in [3.8, 4) is 0 Å². The van der Waals surface area contributed by atoms with Crippen molar-refractivity contribution >= 4 is 5.69 Å². The molecule has 104 valence electrons. The van der Waals surface area contributed by atoms with Gasteiger partial charge >= 0.3 is 0 Å². The van der Waals surface area contributed by atoms with Gasteiger partial charge in [0.15, 0.2) is 0 Å². The quantitative estimate of drug-likeness (QED) is 0.908. The Kier molecular flexibility index (Phi) is 3.46. The average Bonchev–Trinajstić information content (AvgIpc) is 2.70. The summed E-state index contributed by atoms with van der Waals surface area (Å²) in [5.41, 5.74) is 7.60. The van der Waals surface area contributed by atoms with E-state index in [4.69, 9.17) is 10.5 Å². The van der Waals surface area contributed by atoms with Crippen LogP contribution in [0.3, 0.4) is 0 Å². The third kappa shape index (κ3) is 2.60. The van der Waals surface area contributed by atoms with Gasteiger partial charge in [0.25, 0.3) is 0 Å². The van der Waals surface area contributed by atoms with Crippen molar-refractivity contribution in [1.82, 2.24) is 0 Å². The van der Waals surface area contributed by atoms with Crippen molar-refractivity contribution in [3.05, 3.63) is 29.6 Å². The van der Waals surface area contributed by atoms with E-state index < -0.39 is 0 Å². The minimum atomic E-state index is -0.145. The van der Waals surface area contributed by atoms with Crippen LogP contribution >= 0.6 is 0 Å². The van der Waals surface area contributed by atoms with Crippen LogP contribution in [0.4, 0.5) is 10.1 Å². The summed E-state index contributed by atoms with van der Waals surface area (Å²) in [6, 6.07) is 5.28. The van der Waals surface area contributed by atoms with Crippen molar-refractivity contribution in [2.45, 2.75) is 44.4 Å². The standard InChI is InChI=1S/C15H21FN2O/c1-10(17)7-13-14(16)3-2-4-15(13)18-8-11-5-6-12(9-18)19-11/h2-4,10-12H,5-9,17H2,1H3. The van der Waals surface area contributed by atoms with E-state index in [1.807, 2.05) is 13.0 Å². The minimum absolute atomic E-state index is 0.0339. The second kappa shape index (κ2) is 5.10. The van der Waals surface area contributed by atoms with Gasteiger partial charge in [0, 0.05) is 30.4 Å². The zero-order valence-electron chi connectivity index (χ0n) is 11.3. The van der Waals surface area contributed by atoms with E-state index in [2.05, 4.69) is 4.90 Å². The molecular weight excluding hydrogens is 243 g/mol. The molecule has 2 bridgehead atoms. The number of halogens is 1. The predicted molar refractivity (Wildman–Crippen MR) is 73.9 cm³/mol. The summed E-state index contributed by atoms with van der Waals surface area (Å²) in [6.07, 6.45) is 3.45. The lowest BCUT2D eigenvalue weighted by Crippen LogP contribution is -2.43. The Bertz CT molecular complexity index is 451. The van der Waals surface area contributed by atoms with Crippen molar-refractivity contribution in [1.29, 1.82) is 0 Å². The van der Waals surface area contributed by atoms with E-state index >= 15 is 0 Å². The Morgan fingerprint density at radius 1 is 1.37 bits per heavy atom. The average molecular weight is 264 g/mol. The van der Waals surface area contributed by atoms with Crippen molar-refractivity contribution in [2.75, 3.05) is 18.0 Å². The second-order valence-corrected chi connectivity index (χ2v) is 5.78. The van der Waals surface area contributed by atoms with E-state index in [0.29, 0.717) is 18.6 Å². The van der Waals surface area contributed by atoms with Crippen LogP contribution in [0.1, 0.15) is 25.3 Å². The molecule has 2 saturated heterocycles. The molecule has 3 rings (SSSR count). The summed E-state index contributed by atoms with van der Waals surface area (Å²) < 4.78 is 19.9. The molecular formula is C15H21FN2O. The molecule has 4 heteroatoms. The Labute approximate surface area is 113 Å². The lowest BCUT2D eigenvalue weighted by Gasteiger charge is -2.35. The van der Waals surface area contributed by atoms with Crippen molar-refractivity contribution in [2.24, 2.45) is 5.73 Å². The highest BCUT2D eigenvalue weighted by molar-refractivity contribution is 5.55. The van der Waals surface area contributed by atoms with Crippen molar-refractivity contribution < 1.29 is 9.13 Å². The van der Waals surface area contributed by atoms with E-state index in [-0.39, 0.29) is 11.9 Å². The second-order valence-electron chi connectivity index (χ2n) is 5.78. The molecule has 2 aliphatic rings. The van der Waals surface area contributed by atoms with Gasteiger partial charge in [0.1, 0.15) is 5.82 Å². The summed E-state index contributed by atoms with van der Waals surface area (Å²) in [5, 5.41) is 0. The molecule has 3 nitrogen and oxygen atoms in total. The fourth-order valence-corrected chi connectivity index (χ4v) is 3.18. The molecule has 2 N–H and O–H groups in total. The van der Waals surface area contributed by atoms with Crippen LogP contribution in [0, 0.1) is 5.82 Å². The molecule has 2 heterocycles. The summed E-state index contributed by atoms with van der Waals surface area (Å²) >= 11 is 0. The van der Waals surface area contributed by atoms with Crippen LogP contribution in [-0.2, 0) is 11.2 Å². The highest BCUT2D eigenvalue weighted by Gasteiger charge is 2.34. The van der Waals surface area contributed by atoms with Gasteiger partial charge in [-0.2, -0.15) is 0 Å². The minimum Gasteiger partial charge on any atom is -0.371 e. The number of anilines is 1. The molecule has 19 heavy (non-hydrogen) atoms. The molecule has 0 radical (unpaired) electrons. The molecule has 3 unspecified atom stereocenters. The molecule has 0 aromatic heterocycles. The maximum absolute atomic E-state index is 14.1. The van der Waals surface area contributed by atoms with Gasteiger partial charge in [0.2, 0.25) is 0 Å². The van der Waals surface area contributed by atoms with Gasteiger partial charge in [-0.1, -0.05) is 6.07 Å². The third-order valence-electron chi connectivity index (χ3n) is 4.00. The van der Waals surface area contributed by atoms with Gasteiger partial charge in [-0.3, -0.25) is 0 Å². The number of rotatable bonds is 3. The molecule has 1 aromatic rings. The Morgan fingerprint density at radius 2 is 2.05 bits per heavy atom. The van der Waals surface area contributed by atoms with Gasteiger partial charge in [-0.25, -0.2) is 4.39 Å². The van der Waals surface area contributed by atoms with Crippen LogP contribution < -0.4 is 10.6 Å². The van der Waals surface area contributed by atoms with Crippen LogP contribution in [0.5, 0.6) is 0 Å². The van der Waals surface area contributed by atoms with E-state index in [0.717, 1.165) is 37.2 Å². The zero-order valence-corrected chi connectivity index (χ0v) is 11.3. The highest BCUT2D eigenvalue weighted by atomic mass is 19.1. The lowest BCUT2D eigenvalue weighted by molar-refractivity contribution is 0.0304. The molecule has 0 aliphatic carbocycles. The number of nitrogens with zero attached hydrogens (tertiary/aromatic N) is 1. The van der Waals surface area contributed by atoms with E-state index in [1.54, 1.807) is 6.07 Å². The molecule has 2 aliphatic heterocycles. The van der Waals surface area contributed by atoms with Crippen LogP contribution in [0.15, 0.2) is 18.2 Å². The van der Waals surface area contributed by atoms with Crippen LogP contribution in [-0.4, -0.2) is 31.3 Å². The molecule has 0 saturated carbocycles. The third-order valence-corrected chi connectivity index (χ3v) is 4.00. The highest BCUT2D eigenvalue weighted by Crippen LogP contribution is 2.32. The SMILES string of the molecule is CC(N)Cc1c(F)cccc1N1CC2CCC(C1)O2. The first-order chi connectivity index (χ1) is 9.13. The first-order valence-corrected chi connectivity index (χ1v) is 7.07.